The van der Waals surface area contributed by atoms with E-state index in [-0.39, 0.29) is 31.4 Å². The number of ether oxygens (including phenoxy) is 1. The van der Waals surface area contributed by atoms with Crippen molar-refractivity contribution in [2.75, 3.05) is 48.3 Å². The van der Waals surface area contributed by atoms with Crippen LogP contribution >= 0.6 is 24.8 Å². The van der Waals surface area contributed by atoms with E-state index in [1.54, 1.807) is 6.92 Å². The molecule has 2 aliphatic heterocycles. The summed E-state index contributed by atoms with van der Waals surface area (Å²) in [5, 5.41) is 26.6. The normalized spacial score (nSPS) is 15.3. The number of hydrogen-bond acceptors (Lipinski definition) is 10. The third kappa shape index (κ3) is 8.21. The lowest BCUT2D eigenvalue weighted by Gasteiger charge is -2.34. The van der Waals surface area contributed by atoms with Crippen LogP contribution in [0.15, 0.2) is 12.1 Å². The number of hydrogen-bond donors (Lipinski definition) is 5. The SMILES string of the molecule is Cc1nc(NCC(NC(=O)OCC(=O)O)C(=O)O)c(C)c(N2CCC(c3ccc4c(n3)NCCC4)CC2)n1.Cl.Cl. The number of alkyl carbamates (subject to hydrolysis) is 1. The summed E-state index contributed by atoms with van der Waals surface area (Å²) in [7, 11) is 0. The standard InChI is InChI=1S/C25H33N7O6.2ClH/c1-14-21(27-12-19(24(35)36)31-25(37)38-13-20(33)34)28-15(2)29-23(14)32-10-7-16(8-11-32)18-6-5-17-4-3-9-26-22(17)30-18;;/h5-6,16,19H,3-4,7-13H2,1-2H3,(H,26,30)(H,31,37)(H,33,34)(H,35,36)(H,27,28,29);2*1H. The Kier molecular flexibility index (Phi) is 12.0. The summed E-state index contributed by atoms with van der Waals surface area (Å²) in [5.41, 5.74) is 3.16. The van der Waals surface area contributed by atoms with E-state index >= 15 is 0 Å². The fourth-order valence-electron chi connectivity index (χ4n) is 4.76. The first kappa shape index (κ1) is 32.6. The average molecular weight is 601 g/mol. The Labute approximate surface area is 244 Å². The number of carbonyl (C=O) groups is 3. The highest BCUT2D eigenvalue weighted by molar-refractivity contribution is 5.85. The van der Waals surface area contributed by atoms with Crippen LogP contribution < -0.4 is 20.9 Å². The van der Waals surface area contributed by atoms with E-state index in [1.165, 1.54) is 5.56 Å². The molecule has 220 valence electrons. The van der Waals surface area contributed by atoms with Gasteiger partial charge < -0.3 is 35.8 Å². The topological polar surface area (TPSA) is 179 Å². The number of rotatable bonds is 9. The predicted molar refractivity (Wildman–Crippen MR) is 153 cm³/mol. The van der Waals surface area contributed by atoms with E-state index in [4.69, 9.17) is 10.1 Å². The Balaban J connectivity index is 0.00000280. The number of nitrogens with zero attached hydrogens (tertiary/aromatic N) is 4. The number of pyridine rings is 1. The maximum absolute atomic E-state index is 11.7. The second kappa shape index (κ2) is 14.7. The van der Waals surface area contributed by atoms with Crippen molar-refractivity contribution >= 4 is 60.3 Å². The molecule has 0 aliphatic carbocycles. The summed E-state index contributed by atoms with van der Waals surface area (Å²) in [6.45, 7) is 5.13. The Hall–Kier alpha value is -3.58. The van der Waals surface area contributed by atoms with Crippen molar-refractivity contribution in [1.29, 1.82) is 0 Å². The number of amides is 1. The molecule has 2 aliphatic rings. The van der Waals surface area contributed by atoms with Crippen LogP contribution in [0.3, 0.4) is 0 Å². The Bertz CT molecular complexity index is 1210. The number of carboxylic acid groups (broad SMARTS) is 2. The molecule has 1 saturated heterocycles. The van der Waals surface area contributed by atoms with E-state index < -0.39 is 30.7 Å². The monoisotopic (exact) mass is 599 g/mol. The van der Waals surface area contributed by atoms with Crippen LogP contribution in [-0.2, 0) is 20.7 Å². The number of carbonyl (C=O) groups excluding carboxylic acids is 1. The molecule has 0 spiro atoms. The number of aliphatic carboxylic acids is 2. The maximum atomic E-state index is 11.7. The molecule has 2 aromatic rings. The molecule has 0 bridgehead atoms. The molecule has 15 heteroatoms. The first-order valence-corrected chi connectivity index (χ1v) is 12.7. The minimum absolute atomic E-state index is 0. The van der Waals surface area contributed by atoms with E-state index in [1.807, 2.05) is 6.92 Å². The number of carboxylic acids is 2. The minimum atomic E-state index is -1.36. The van der Waals surface area contributed by atoms with E-state index in [0.717, 1.165) is 68.2 Å². The number of piperidine rings is 1. The lowest BCUT2D eigenvalue weighted by Crippen LogP contribution is -2.46. The van der Waals surface area contributed by atoms with Gasteiger partial charge in [-0.05, 0) is 51.2 Å². The Morgan fingerprint density at radius 2 is 1.85 bits per heavy atom. The highest BCUT2D eigenvalue weighted by Crippen LogP contribution is 2.33. The van der Waals surface area contributed by atoms with Gasteiger partial charge in [0.05, 0.1) is 0 Å². The van der Waals surface area contributed by atoms with Gasteiger partial charge in [0.2, 0.25) is 0 Å². The van der Waals surface area contributed by atoms with Crippen molar-refractivity contribution in [2.45, 2.75) is 51.5 Å². The molecule has 1 atom stereocenters. The number of aryl methyl sites for hydroxylation is 2. The summed E-state index contributed by atoms with van der Waals surface area (Å²) < 4.78 is 4.46. The third-order valence-corrected chi connectivity index (χ3v) is 6.75. The molecule has 0 radical (unpaired) electrons. The maximum Gasteiger partial charge on any atom is 0.408 e. The van der Waals surface area contributed by atoms with Crippen molar-refractivity contribution < 1.29 is 29.3 Å². The van der Waals surface area contributed by atoms with Gasteiger partial charge in [-0.1, -0.05) is 6.07 Å². The van der Waals surface area contributed by atoms with Crippen molar-refractivity contribution in [2.24, 2.45) is 0 Å². The van der Waals surface area contributed by atoms with E-state index in [9.17, 15) is 19.5 Å². The van der Waals surface area contributed by atoms with Crippen LogP contribution in [0.5, 0.6) is 0 Å². The van der Waals surface area contributed by atoms with Crippen LogP contribution in [0.2, 0.25) is 0 Å². The third-order valence-electron chi connectivity index (χ3n) is 6.75. The molecule has 1 unspecified atom stereocenters. The minimum Gasteiger partial charge on any atom is -0.480 e. The molecule has 1 fully saturated rings. The number of nitrogens with one attached hydrogen (secondary N) is 3. The average Bonchev–Trinajstić information content (AvgIpc) is 2.91. The second-order valence-corrected chi connectivity index (χ2v) is 9.49. The molecule has 5 N–H and O–H groups in total. The van der Waals surface area contributed by atoms with Gasteiger partial charge in [0.25, 0.3) is 0 Å². The molecule has 1 amide bonds. The van der Waals surface area contributed by atoms with Crippen LogP contribution in [0.1, 0.15) is 47.8 Å². The summed E-state index contributed by atoms with van der Waals surface area (Å²) in [4.78, 5) is 50.1. The largest absolute Gasteiger partial charge is 0.480 e. The quantitative estimate of drug-likeness (QED) is 0.285. The molecule has 0 aromatic carbocycles. The zero-order valence-electron chi connectivity index (χ0n) is 22.3. The Morgan fingerprint density at radius 1 is 1.12 bits per heavy atom. The van der Waals surface area contributed by atoms with Crippen molar-refractivity contribution in [3.8, 4) is 0 Å². The van der Waals surface area contributed by atoms with Crippen LogP contribution in [0, 0.1) is 13.8 Å². The Morgan fingerprint density at radius 3 is 2.52 bits per heavy atom. The summed E-state index contributed by atoms with van der Waals surface area (Å²) >= 11 is 0. The number of aromatic nitrogens is 3. The van der Waals surface area contributed by atoms with Gasteiger partial charge in [0.15, 0.2) is 6.61 Å². The van der Waals surface area contributed by atoms with Gasteiger partial charge in [-0.15, -0.1) is 24.8 Å². The van der Waals surface area contributed by atoms with Gasteiger partial charge >= 0.3 is 18.0 Å². The molecule has 4 heterocycles. The van der Waals surface area contributed by atoms with Crippen LogP contribution in [0.4, 0.5) is 22.2 Å². The zero-order valence-corrected chi connectivity index (χ0v) is 23.9. The highest BCUT2D eigenvalue weighted by Gasteiger charge is 2.26. The van der Waals surface area contributed by atoms with Gasteiger partial charge in [-0.2, -0.15) is 0 Å². The first-order chi connectivity index (χ1) is 18.2. The predicted octanol–water partition coefficient (Wildman–Crippen LogP) is 2.75. The lowest BCUT2D eigenvalue weighted by atomic mass is 9.92. The number of fused-ring (bicyclic) bond motifs is 1. The van der Waals surface area contributed by atoms with Gasteiger partial charge in [-0.3, -0.25) is 0 Å². The van der Waals surface area contributed by atoms with E-state index in [0.29, 0.717) is 17.6 Å². The zero-order chi connectivity index (χ0) is 27.2. The second-order valence-electron chi connectivity index (χ2n) is 9.49. The molecular formula is C25H35Cl2N7O6. The fourth-order valence-corrected chi connectivity index (χ4v) is 4.76. The van der Waals surface area contributed by atoms with E-state index in [2.05, 4.69) is 47.7 Å². The molecular weight excluding hydrogens is 565 g/mol. The molecule has 40 heavy (non-hydrogen) atoms. The summed E-state index contributed by atoms with van der Waals surface area (Å²) in [6.07, 6.45) is 2.92. The summed E-state index contributed by atoms with van der Waals surface area (Å²) in [6, 6.07) is 2.99. The van der Waals surface area contributed by atoms with Gasteiger partial charge in [0, 0.05) is 43.4 Å². The summed E-state index contributed by atoms with van der Waals surface area (Å²) in [5.74, 6) is 0.496. The van der Waals surface area contributed by atoms with Crippen LogP contribution in [-0.4, -0.2) is 82.0 Å². The number of halogens is 2. The molecule has 0 saturated carbocycles. The smallest absolute Gasteiger partial charge is 0.408 e. The highest BCUT2D eigenvalue weighted by atomic mass is 35.5. The number of anilines is 3. The van der Waals surface area contributed by atoms with Crippen molar-refractivity contribution in [3.63, 3.8) is 0 Å². The van der Waals surface area contributed by atoms with Gasteiger partial charge in [0.1, 0.15) is 29.3 Å². The van der Waals surface area contributed by atoms with Crippen molar-refractivity contribution in [3.05, 3.63) is 34.8 Å². The van der Waals surface area contributed by atoms with Gasteiger partial charge in [-0.25, -0.2) is 29.3 Å². The lowest BCUT2D eigenvalue weighted by molar-refractivity contribution is -0.140. The molecule has 4 rings (SSSR count). The fraction of sp³-hybridized carbons (Fsp3) is 0.520. The first-order valence-electron chi connectivity index (χ1n) is 12.7. The van der Waals surface area contributed by atoms with Crippen molar-refractivity contribution in [1.82, 2.24) is 20.3 Å². The molecule has 13 nitrogen and oxygen atoms in total. The van der Waals surface area contributed by atoms with Crippen LogP contribution in [0.25, 0.3) is 0 Å². The molecule has 2 aromatic heterocycles.